The van der Waals surface area contributed by atoms with Gasteiger partial charge < -0.3 is 14.9 Å². The van der Waals surface area contributed by atoms with Crippen LogP contribution in [0.25, 0.3) is 0 Å². The van der Waals surface area contributed by atoms with Gasteiger partial charge in [-0.15, -0.1) is 0 Å². The predicted molar refractivity (Wildman–Crippen MR) is 83.4 cm³/mol. The molecule has 3 rings (SSSR count). The summed E-state index contributed by atoms with van der Waals surface area (Å²) in [5, 5.41) is 19.9. The Morgan fingerprint density at radius 3 is 2.75 bits per heavy atom. The van der Waals surface area contributed by atoms with E-state index in [1.807, 2.05) is 13.1 Å². The highest BCUT2D eigenvalue weighted by molar-refractivity contribution is 5.92. The van der Waals surface area contributed by atoms with Crippen molar-refractivity contribution < 1.29 is 19.2 Å². The van der Waals surface area contributed by atoms with E-state index in [4.69, 9.17) is 9.63 Å². The number of aryl methyl sites for hydroxylation is 1. The van der Waals surface area contributed by atoms with E-state index in [9.17, 15) is 9.59 Å². The Labute approximate surface area is 138 Å². The maximum Gasteiger partial charge on any atom is 0.306 e. The van der Waals surface area contributed by atoms with Gasteiger partial charge in [0.25, 0.3) is 5.91 Å². The summed E-state index contributed by atoms with van der Waals surface area (Å²) in [5.41, 5.74) is 1.28. The second-order valence-electron chi connectivity index (χ2n) is 6.25. The highest BCUT2D eigenvalue weighted by atomic mass is 16.5. The van der Waals surface area contributed by atoms with Gasteiger partial charge in [0.1, 0.15) is 6.54 Å². The molecule has 2 N–H and O–H groups in total. The van der Waals surface area contributed by atoms with Gasteiger partial charge in [-0.3, -0.25) is 14.3 Å². The molecule has 1 aliphatic carbocycles. The van der Waals surface area contributed by atoms with Gasteiger partial charge in [0.05, 0.1) is 12.1 Å². The van der Waals surface area contributed by atoms with Gasteiger partial charge in [-0.1, -0.05) is 5.16 Å². The summed E-state index contributed by atoms with van der Waals surface area (Å²) in [6.07, 6.45) is 6.13. The van der Waals surface area contributed by atoms with E-state index in [1.54, 1.807) is 16.9 Å². The molecule has 1 fully saturated rings. The fourth-order valence-corrected chi connectivity index (χ4v) is 2.95. The van der Waals surface area contributed by atoms with E-state index in [0.29, 0.717) is 38.0 Å². The first kappa shape index (κ1) is 16.2. The van der Waals surface area contributed by atoms with Crippen molar-refractivity contribution in [2.45, 2.75) is 45.2 Å². The number of hydrogen-bond donors (Lipinski definition) is 2. The molecular weight excluding hydrogens is 312 g/mol. The number of amides is 1. The van der Waals surface area contributed by atoms with Crippen LogP contribution in [0.4, 0.5) is 0 Å². The third-order valence-electron chi connectivity index (χ3n) is 4.28. The Morgan fingerprint density at radius 1 is 1.38 bits per heavy atom. The molecule has 8 nitrogen and oxygen atoms in total. The molecule has 2 aromatic rings. The lowest BCUT2D eigenvalue weighted by atomic mass is 9.86. The molecule has 0 aliphatic heterocycles. The molecule has 0 atom stereocenters. The summed E-state index contributed by atoms with van der Waals surface area (Å²) in [4.78, 5) is 23.2. The minimum absolute atomic E-state index is 0.0120. The molecule has 0 saturated heterocycles. The normalized spacial score (nSPS) is 20.7. The Morgan fingerprint density at radius 2 is 2.12 bits per heavy atom. The number of aliphatic carboxylic acids is 1. The van der Waals surface area contributed by atoms with Crippen LogP contribution in [0.3, 0.4) is 0 Å². The lowest BCUT2D eigenvalue weighted by Crippen LogP contribution is -2.38. The molecule has 8 heteroatoms. The van der Waals surface area contributed by atoms with Crippen LogP contribution in [0.2, 0.25) is 0 Å². The van der Waals surface area contributed by atoms with Gasteiger partial charge in [0, 0.05) is 18.3 Å². The summed E-state index contributed by atoms with van der Waals surface area (Å²) < 4.78 is 6.90. The fourth-order valence-electron chi connectivity index (χ4n) is 2.95. The number of carbonyl (C=O) groups excluding carboxylic acids is 1. The Hall–Kier alpha value is -2.64. The van der Waals surface area contributed by atoms with Crippen LogP contribution in [0, 0.1) is 12.8 Å². The molecule has 0 unspecified atom stereocenters. The second kappa shape index (κ2) is 6.86. The molecule has 128 valence electrons. The van der Waals surface area contributed by atoms with Crippen molar-refractivity contribution in [2.75, 3.05) is 0 Å². The van der Waals surface area contributed by atoms with Gasteiger partial charge >= 0.3 is 5.97 Å². The third kappa shape index (κ3) is 3.81. The zero-order chi connectivity index (χ0) is 17.1. The second-order valence-corrected chi connectivity index (χ2v) is 6.25. The first-order valence-corrected chi connectivity index (χ1v) is 7.99. The van der Waals surface area contributed by atoms with Crippen LogP contribution in [-0.4, -0.2) is 38.0 Å². The van der Waals surface area contributed by atoms with Crippen LogP contribution in [-0.2, 0) is 11.3 Å². The fraction of sp³-hybridized carbons (Fsp3) is 0.500. The number of hydrogen-bond acceptors (Lipinski definition) is 5. The summed E-state index contributed by atoms with van der Waals surface area (Å²) in [7, 11) is 0. The van der Waals surface area contributed by atoms with Crippen molar-refractivity contribution in [3.63, 3.8) is 0 Å². The SMILES string of the molecule is Cc1cnn(Cc2cc(C(=O)NC3CCC(C(=O)O)CC3)no2)c1. The summed E-state index contributed by atoms with van der Waals surface area (Å²) in [6, 6.07) is 1.59. The van der Waals surface area contributed by atoms with Crippen LogP contribution >= 0.6 is 0 Å². The van der Waals surface area contributed by atoms with Crippen LogP contribution in [0.15, 0.2) is 23.0 Å². The number of carboxylic acid groups (broad SMARTS) is 1. The molecule has 0 bridgehead atoms. The number of carboxylic acids is 1. The summed E-state index contributed by atoms with van der Waals surface area (Å²) in [6.45, 7) is 2.36. The Balaban J connectivity index is 1.53. The number of nitrogens with one attached hydrogen (secondary N) is 1. The Bertz CT molecular complexity index is 728. The molecule has 1 saturated carbocycles. The smallest absolute Gasteiger partial charge is 0.306 e. The first-order chi connectivity index (χ1) is 11.5. The van der Waals surface area contributed by atoms with E-state index < -0.39 is 5.97 Å². The van der Waals surface area contributed by atoms with Crippen molar-refractivity contribution >= 4 is 11.9 Å². The zero-order valence-electron chi connectivity index (χ0n) is 13.4. The standard InChI is InChI=1S/C16H20N4O4/c1-10-7-17-20(8-10)9-13-6-14(19-24-13)15(21)18-12-4-2-11(3-5-12)16(22)23/h6-8,11-12H,2-5,9H2,1H3,(H,18,21)(H,22,23). The molecule has 1 aliphatic rings. The van der Waals surface area contributed by atoms with Crippen molar-refractivity contribution in [2.24, 2.45) is 5.92 Å². The van der Waals surface area contributed by atoms with E-state index in [1.165, 1.54) is 0 Å². The molecular formula is C16H20N4O4. The van der Waals surface area contributed by atoms with Gasteiger partial charge in [-0.2, -0.15) is 5.10 Å². The van der Waals surface area contributed by atoms with Crippen molar-refractivity contribution in [3.05, 3.63) is 35.5 Å². The van der Waals surface area contributed by atoms with E-state index in [0.717, 1.165) is 5.56 Å². The van der Waals surface area contributed by atoms with Crippen LogP contribution in [0.5, 0.6) is 0 Å². The van der Waals surface area contributed by atoms with Gasteiger partial charge in [-0.05, 0) is 38.2 Å². The van der Waals surface area contributed by atoms with Gasteiger partial charge in [0.2, 0.25) is 0 Å². The van der Waals surface area contributed by atoms with Crippen molar-refractivity contribution in [1.29, 1.82) is 0 Å². The molecule has 2 heterocycles. The highest BCUT2D eigenvalue weighted by Gasteiger charge is 2.27. The number of carbonyl (C=O) groups is 2. The molecule has 0 spiro atoms. The predicted octanol–water partition coefficient (Wildman–Crippen LogP) is 1.60. The molecule has 0 aromatic carbocycles. The van der Waals surface area contributed by atoms with Crippen molar-refractivity contribution in [1.82, 2.24) is 20.3 Å². The Kier molecular flexibility index (Phi) is 4.64. The lowest BCUT2D eigenvalue weighted by molar-refractivity contribution is -0.142. The maximum absolute atomic E-state index is 12.2. The topological polar surface area (TPSA) is 110 Å². The molecule has 2 aromatic heterocycles. The first-order valence-electron chi connectivity index (χ1n) is 7.99. The monoisotopic (exact) mass is 332 g/mol. The summed E-state index contributed by atoms with van der Waals surface area (Å²) >= 11 is 0. The van der Waals surface area contributed by atoms with Gasteiger partial charge in [-0.25, -0.2) is 0 Å². The van der Waals surface area contributed by atoms with Crippen LogP contribution in [0.1, 0.15) is 47.5 Å². The van der Waals surface area contributed by atoms with Crippen LogP contribution < -0.4 is 5.32 Å². The third-order valence-corrected chi connectivity index (χ3v) is 4.28. The van der Waals surface area contributed by atoms with Gasteiger partial charge in [0.15, 0.2) is 11.5 Å². The van der Waals surface area contributed by atoms with Crippen molar-refractivity contribution in [3.8, 4) is 0 Å². The largest absolute Gasteiger partial charge is 0.481 e. The average Bonchev–Trinajstić information content (AvgIpc) is 3.17. The van der Waals surface area contributed by atoms with E-state index in [-0.39, 0.29) is 23.6 Å². The molecule has 24 heavy (non-hydrogen) atoms. The van der Waals surface area contributed by atoms with E-state index in [2.05, 4.69) is 15.6 Å². The summed E-state index contributed by atoms with van der Waals surface area (Å²) in [5.74, 6) is -0.789. The maximum atomic E-state index is 12.2. The number of rotatable bonds is 5. The zero-order valence-corrected chi connectivity index (χ0v) is 13.4. The quantitative estimate of drug-likeness (QED) is 0.860. The molecule has 1 amide bonds. The minimum atomic E-state index is -0.755. The number of nitrogens with zero attached hydrogens (tertiary/aromatic N) is 3. The molecule has 0 radical (unpaired) electrons. The average molecular weight is 332 g/mol. The van der Waals surface area contributed by atoms with E-state index >= 15 is 0 Å². The number of aromatic nitrogens is 3. The lowest BCUT2D eigenvalue weighted by Gasteiger charge is -2.26. The minimum Gasteiger partial charge on any atom is -0.481 e. The highest BCUT2D eigenvalue weighted by Crippen LogP contribution is 2.24.